The highest BCUT2D eigenvalue weighted by Crippen LogP contribution is 2.27. The van der Waals surface area contributed by atoms with Crippen molar-refractivity contribution in [2.24, 2.45) is 5.41 Å². The summed E-state index contributed by atoms with van der Waals surface area (Å²) in [5.74, 6) is 0.906. The van der Waals surface area contributed by atoms with E-state index in [1.807, 2.05) is 19.1 Å². The number of ether oxygens (including phenoxy) is 3. The van der Waals surface area contributed by atoms with Gasteiger partial charge in [0.1, 0.15) is 11.5 Å². The second-order valence-electron chi connectivity index (χ2n) is 6.32. The maximum Gasteiger partial charge on any atom is 0.343 e. The number of esters is 1. The molecular formula is C19H20O4. The molecule has 0 radical (unpaired) electrons. The summed E-state index contributed by atoms with van der Waals surface area (Å²) in [6.45, 7) is 6.19. The molecule has 2 aromatic carbocycles. The van der Waals surface area contributed by atoms with E-state index in [0.29, 0.717) is 17.9 Å². The third kappa shape index (κ3) is 3.90. The molecular weight excluding hydrogens is 292 g/mol. The molecule has 4 nitrogen and oxygen atoms in total. The van der Waals surface area contributed by atoms with Crippen LogP contribution in [-0.4, -0.2) is 25.8 Å². The third-order valence-electron chi connectivity index (χ3n) is 3.81. The van der Waals surface area contributed by atoms with Crippen molar-refractivity contribution in [3.63, 3.8) is 0 Å². The number of rotatable bonds is 5. The predicted molar refractivity (Wildman–Crippen MR) is 87.0 cm³/mol. The number of carbonyl (C=O) groups excluding carboxylic acids is 1. The molecule has 3 rings (SSSR count). The lowest BCUT2D eigenvalue weighted by atomic mass is 9.90. The van der Waals surface area contributed by atoms with E-state index in [1.54, 1.807) is 36.4 Å². The minimum Gasteiger partial charge on any atom is -0.493 e. The van der Waals surface area contributed by atoms with Crippen LogP contribution in [0.1, 0.15) is 22.8 Å². The minimum atomic E-state index is -0.375. The maximum atomic E-state index is 12.1. The lowest BCUT2D eigenvalue weighted by Gasteiger charge is -2.37. The molecule has 0 saturated carbocycles. The summed E-state index contributed by atoms with van der Waals surface area (Å²) in [4.78, 5) is 12.1. The average Bonchev–Trinajstić information content (AvgIpc) is 2.54. The first-order chi connectivity index (χ1) is 11.0. The molecule has 1 heterocycles. The number of hydrogen-bond donors (Lipinski definition) is 0. The number of aryl methyl sites for hydroxylation is 1. The van der Waals surface area contributed by atoms with Crippen LogP contribution < -0.4 is 9.47 Å². The van der Waals surface area contributed by atoms with E-state index in [9.17, 15) is 4.79 Å². The van der Waals surface area contributed by atoms with Crippen molar-refractivity contribution in [1.82, 2.24) is 0 Å². The monoisotopic (exact) mass is 312 g/mol. The van der Waals surface area contributed by atoms with E-state index in [1.165, 1.54) is 0 Å². The summed E-state index contributed by atoms with van der Waals surface area (Å²) in [6.07, 6.45) is 0. The Hall–Kier alpha value is -2.33. The zero-order chi connectivity index (χ0) is 16.3. The van der Waals surface area contributed by atoms with E-state index < -0.39 is 0 Å². The van der Waals surface area contributed by atoms with Crippen molar-refractivity contribution in [1.29, 1.82) is 0 Å². The Kier molecular flexibility index (Phi) is 4.35. The van der Waals surface area contributed by atoms with Crippen molar-refractivity contribution < 1.29 is 19.0 Å². The average molecular weight is 312 g/mol. The summed E-state index contributed by atoms with van der Waals surface area (Å²) in [5.41, 5.74) is 1.72. The highest BCUT2D eigenvalue weighted by Gasteiger charge is 2.34. The van der Waals surface area contributed by atoms with E-state index in [0.717, 1.165) is 24.5 Å². The molecule has 1 aliphatic rings. The van der Waals surface area contributed by atoms with Gasteiger partial charge >= 0.3 is 5.97 Å². The smallest absolute Gasteiger partial charge is 0.343 e. The minimum absolute atomic E-state index is 0.100. The van der Waals surface area contributed by atoms with E-state index >= 15 is 0 Å². The van der Waals surface area contributed by atoms with Crippen LogP contribution in [0.25, 0.3) is 0 Å². The molecule has 2 aromatic rings. The molecule has 0 aromatic heterocycles. The molecule has 0 spiro atoms. The van der Waals surface area contributed by atoms with Crippen LogP contribution in [-0.2, 0) is 4.74 Å². The second-order valence-corrected chi connectivity index (χ2v) is 6.32. The summed E-state index contributed by atoms with van der Waals surface area (Å²) in [6, 6.07) is 14.4. The number of hydrogen-bond acceptors (Lipinski definition) is 4. The van der Waals surface area contributed by atoms with Crippen molar-refractivity contribution in [2.45, 2.75) is 13.8 Å². The van der Waals surface area contributed by atoms with Gasteiger partial charge in [-0.05, 0) is 43.3 Å². The summed E-state index contributed by atoms with van der Waals surface area (Å²) in [7, 11) is 0. The molecule has 0 bridgehead atoms. The Bertz CT molecular complexity index is 670. The van der Waals surface area contributed by atoms with Crippen LogP contribution in [0, 0.1) is 12.3 Å². The van der Waals surface area contributed by atoms with Crippen molar-refractivity contribution in [2.75, 3.05) is 19.8 Å². The lowest BCUT2D eigenvalue weighted by Crippen LogP contribution is -2.44. The topological polar surface area (TPSA) is 44.8 Å². The fourth-order valence-electron chi connectivity index (χ4n) is 2.25. The van der Waals surface area contributed by atoms with Crippen LogP contribution in [0.5, 0.6) is 11.5 Å². The van der Waals surface area contributed by atoms with Gasteiger partial charge < -0.3 is 14.2 Å². The zero-order valence-electron chi connectivity index (χ0n) is 13.4. The zero-order valence-corrected chi connectivity index (χ0v) is 13.4. The molecule has 0 amide bonds. The Morgan fingerprint density at radius 1 is 1.04 bits per heavy atom. The number of carbonyl (C=O) groups is 1. The van der Waals surface area contributed by atoms with Gasteiger partial charge in [-0.15, -0.1) is 0 Å². The molecule has 4 heteroatoms. The quantitative estimate of drug-likeness (QED) is 0.625. The molecule has 1 aliphatic heterocycles. The fraction of sp³-hybridized carbons (Fsp3) is 0.316. The summed E-state index contributed by atoms with van der Waals surface area (Å²) >= 11 is 0. The van der Waals surface area contributed by atoms with Crippen LogP contribution in [0.4, 0.5) is 0 Å². The highest BCUT2D eigenvalue weighted by atomic mass is 16.5. The van der Waals surface area contributed by atoms with Gasteiger partial charge in [-0.1, -0.05) is 24.6 Å². The summed E-state index contributed by atoms with van der Waals surface area (Å²) < 4.78 is 16.3. The third-order valence-corrected chi connectivity index (χ3v) is 3.81. The van der Waals surface area contributed by atoms with Crippen molar-refractivity contribution in [3.8, 4) is 11.5 Å². The van der Waals surface area contributed by atoms with Crippen molar-refractivity contribution in [3.05, 3.63) is 59.7 Å². The van der Waals surface area contributed by atoms with Crippen LogP contribution in [0.2, 0.25) is 0 Å². The predicted octanol–water partition coefficient (Wildman–Crippen LogP) is 3.63. The van der Waals surface area contributed by atoms with E-state index in [2.05, 4.69) is 6.92 Å². The van der Waals surface area contributed by atoms with Gasteiger partial charge in [-0.3, -0.25) is 0 Å². The van der Waals surface area contributed by atoms with Gasteiger partial charge in [0.05, 0.1) is 25.4 Å². The molecule has 1 fully saturated rings. The van der Waals surface area contributed by atoms with Gasteiger partial charge in [-0.25, -0.2) is 4.79 Å². The maximum absolute atomic E-state index is 12.1. The Morgan fingerprint density at radius 2 is 1.65 bits per heavy atom. The first-order valence-electron chi connectivity index (χ1n) is 7.64. The normalized spacial score (nSPS) is 15.6. The second kappa shape index (κ2) is 6.42. The van der Waals surface area contributed by atoms with Crippen molar-refractivity contribution >= 4 is 5.97 Å². The van der Waals surface area contributed by atoms with Gasteiger partial charge in [0.25, 0.3) is 0 Å². The van der Waals surface area contributed by atoms with Crippen LogP contribution in [0.15, 0.2) is 48.5 Å². The molecule has 1 saturated heterocycles. The molecule has 0 atom stereocenters. The van der Waals surface area contributed by atoms with Gasteiger partial charge in [-0.2, -0.15) is 0 Å². The molecule has 23 heavy (non-hydrogen) atoms. The summed E-state index contributed by atoms with van der Waals surface area (Å²) in [5, 5.41) is 0. The molecule has 120 valence electrons. The first-order valence-corrected chi connectivity index (χ1v) is 7.64. The Labute approximate surface area is 136 Å². The van der Waals surface area contributed by atoms with Gasteiger partial charge in [0, 0.05) is 5.41 Å². The highest BCUT2D eigenvalue weighted by molar-refractivity contribution is 5.91. The Balaban J connectivity index is 1.57. The SMILES string of the molecule is Cc1ccc(OC(=O)c2ccc(OCC3(C)COC3)cc2)cc1. The standard InChI is InChI=1S/C19H20O4/c1-14-3-7-17(8-4-14)23-18(20)15-5-9-16(10-6-15)22-13-19(2)11-21-12-19/h3-10H,11-13H2,1-2H3. The van der Waals surface area contributed by atoms with Crippen LogP contribution in [0.3, 0.4) is 0 Å². The number of benzene rings is 2. The largest absolute Gasteiger partial charge is 0.493 e. The molecule has 0 unspecified atom stereocenters. The lowest BCUT2D eigenvalue weighted by molar-refractivity contribution is -0.120. The van der Waals surface area contributed by atoms with Gasteiger partial charge in [0.15, 0.2) is 0 Å². The molecule has 0 N–H and O–H groups in total. The fourth-order valence-corrected chi connectivity index (χ4v) is 2.25. The van der Waals surface area contributed by atoms with E-state index in [-0.39, 0.29) is 11.4 Å². The first kappa shape index (κ1) is 15.6. The van der Waals surface area contributed by atoms with Crippen LogP contribution >= 0.6 is 0 Å². The molecule has 0 aliphatic carbocycles. The van der Waals surface area contributed by atoms with Gasteiger partial charge in [0.2, 0.25) is 0 Å². The Morgan fingerprint density at radius 3 is 2.22 bits per heavy atom. The van der Waals surface area contributed by atoms with E-state index in [4.69, 9.17) is 14.2 Å².